The number of aryl methyl sites for hydroxylation is 1. The number of carbonyl (C=O) groups is 2. The van der Waals surface area contributed by atoms with E-state index >= 15 is 0 Å². The summed E-state index contributed by atoms with van der Waals surface area (Å²) in [7, 11) is 0. The third-order valence-corrected chi connectivity index (χ3v) is 8.11. The Labute approximate surface area is 218 Å². The van der Waals surface area contributed by atoms with E-state index in [9.17, 15) is 9.59 Å². The largest absolute Gasteiger partial charge is 0.338 e. The average Bonchev–Trinajstić information content (AvgIpc) is 2.87. The second kappa shape index (κ2) is 10.4. The highest BCUT2D eigenvalue weighted by atomic mass is 32.2. The Balaban J connectivity index is 1.39. The van der Waals surface area contributed by atoms with E-state index in [0.29, 0.717) is 28.8 Å². The van der Waals surface area contributed by atoms with Crippen molar-refractivity contribution in [3.63, 3.8) is 0 Å². The minimum absolute atomic E-state index is 0.00148. The van der Waals surface area contributed by atoms with Crippen LogP contribution < -0.4 is 4.90 Å². The minimum atomic E-state index is -0.00148. The van der Waals surface area contributed by atoms with Crippen molar-refractivity contribution >= 4 is 35.3 Å². The third-order valence-electron chi connectivity index (χ3n) is 7.03. The lowest BCUT2D eigenvalue weighted by Gasteiger charge is -2.35. The fraction of sp³-hybridized carbons (Fsp3) is 0.290. The Bertz CT molecular complexity index is 1300. The fourth-order valence-corrected chi connectivity index (χ4v) is 6.32. The maximum Gasteiger partial charge on any atom is 0.265 e. The van der Waals surface area contributed by atoms with Crippen LogP contribution in [0.5, 0.6) is 0 Å². The SMILES string of the molecule is Cc1ccccc1CN1C(=O)/C(=C\c2ccc(C(=O)N3C[C@H](C)C[C@H](C)C3)cc2)Sc2ccccc21. The normalized spacial score (nSPS) is 21.0. The lowest BCUT2D eigenvalue weighted by molar-refractivity contribution is -0.114. The number of rotatable bonds is 4. The van der Waals surface area contributed by atoms with Gasteiger partial charge in [0.15, 0.2) is 0 Å². The molecule has 0 radical (unpaired) electrons. The number of anilines is 1. The number of likely N-dealkylation sites (tertiary alicyclic amines) is 1. The Morgan fingerprint density at radius 2 is 1.61 bits per heavy atom. The minimum Gasteiger partial charge on any atom is -0.338 e. The molecule has 0 aliphatic carbocycles. The van der Waals surface area contributed by atoms with Gasteiger partial charge in [0.05, 0.1) is 17.1 Å². The maximum absolute atomic E-state index is 13.6. The molecule has 3 aromatic rings. The number of hydrogen-bond acceptors (Lipinski definition) is 3. The van der Waals surface area contributed by atoms with Crippen molar-refractivity contribution in [3.05, 3.63) is 100.0 Å². The van der Waals surface area contributed by atoms with Crippen molar-refractivity contribution in [2.75, 3.05) is 18.0 Å². The van der Waals surface area contributed by atoms with Gasteiger partial charge in [0.25, 0.3) is 11.8 Å². The smallest absolute Gasteiger partial charge is 0.265 e. The molecule has 0 bridgehead atoms. The van der Waals surface area contributed by atoms with Gasteiger partial charge < -0.3 is 9.80 Å². The molecule has 0 spiro atoms. The van der Waals surface area contributed by atoms with Crippen LogP contribution in [0.3, 0.4) is 0 Å². The second-order valence-corrected chi connectivity index (χ2v) is 11.3. The van der Waals surface area contributed by atoms with E-state index in [1.165, 1.54) is 23.7 Å². The van der Waals surface area contributed by atoms with Gasteiger partial charge in [-0.2, -0.15) is 0 Å². The van der Waals surface area contributed by atoms with Crippen molar-refractivity contribution in [1.29, 1.82) is 0 Å². The van der Waals surface area contributed by atoms with Gasteiger partial charge in [0, 0.05) is 23.5 Å². The number of fused-ring (bicyclic) bond motifs is 1. The van der Waals surface area contributed by atoms with Crippen LogP contribution in [0.2, 0.25) is 0 Å². The van der Waals surface area contributed by atoms with Crippen molar-refractivity contribution < 1.29 is 9.59 Å². The molecular formula is C31H32N2O2S. The number of amides is 2. The average molecular weight is 497 g/mol. The van der Waals surface area contributed by atoms with Gasteiger partial charge in [-0.05, 0) is 72.2 Å². The van der Waals surface area contributed by atoms with Gasteiger partial charge in [0.1, 0.15) is 0 Å². The Kier molecular flexibility index (Phi) is 7.01. The van der Waals surface area contributed by atoms with Crippen LogP contribution in [0.1, 0.15) is 47.3 Å². The van der Waals surface area contributed by atoms with Gasteiger partial charge in [-0.25, -0.2) is 0 Å². The molecule has 2 heterocycles. The molecule has 2 atom stereocenters. The molecule has 0 N–H and O–H groups in total. The van der Waals surface area contributed by atoms with Gasteiger partial charge in [-0.15, -0.1) is 0 Å². The van der Waals surface area contributed by atoms with Crippen LogP contribution in [-0.4, -0.2) is 29.8 Å². The molecule has 184 valence electrons. The fourth-order valence-electron chi connectivity index (χ4n) is 5.26. The van der Waals surface area contributed by atoms with Crippen LogP contribution in [0.4, 0.5) is 5.69 Å². The maximum atomic E-state index is 13.6. The summed E-state index contributed by atoms with van der Waals surface area (Å²) >= 11 is 1.51. The van der Waals surface area contributed by atoms with Crippen LogP contribution >= 0.6 is 11.8 Å². The molecule has 2 aliphatic rings. The number of hydrogen-bond donors (Lipinski definition) is 0. The first-order valence-electron chi connectivity index (χ1n) is 12.6. The highest BCUT2D eigenvalue weighted by Gasteiger charge is 2.30. The highest BCUT2D eigenvalue weighted by molar-refractivity contribution is 8.04. The Hall–Kier alpha value is -3.31. The molecule has 4 nitrogen and oxygen atoms in total. The van der Waals surface area contributed by atoms with E-state index in [4.69, 9.17) is 0 Å². The van der Waals surface area contributed by atoms with Crippen molar-refractivity contribution in [2.45, 2.75) is 38.6 Å². The van der Waals surface area contributed by atoms with Gasteiger partial charge >= 0.3 is 0 Å². The van der Waals surface area contributed by atoms with Crippen molar-refractivity contribution in [1.82, 2.24) is 4.90 Å². The van der Waals surface area contributed by atoms with E-state index in [1.807, 2.05) is 70.5 Å². The molecule has 1 saturated heterocycles. The lowest BCUT2D eigenvalue weighted by atomic mass is 9.91. The lowest BCUT2D eigenvalue weighted by Crippen LogP contribution is -2.42. The number of para-hydroxylation sites is 1. The summed E-state index contributed by atoms with van der Waals surface area (Å²) in [6.07, 6.45) is 3.11. The van der Waals surface area contributed by atoms with E-state index < -0.39 is 0 Å². The number of thioether (sulfide) groups is 1. The van der Waals surface area contributed by atoms with Crippen molar-refractivity contribution in [2.24, 2.45) is 11.8 Å². The monoisotopic (exact) mass is 496 g/mol. The molecule has 3 aromatic carbocycles. The molecule has 0 saturated carbocycles. The molecule has 5 heteroatoms. The van der Waals surface area contributed by atoms with Crippen LogP contribution in [0.25, 0.3) is 6.08 Å². The quantitative estimate of drug-likeness (QED) is 0.373. The van der Waals surface area contributed by atoms with Gasteiger partial charge in [-0.3, -0.25) is 9.59 Å². The zero-order valence-corrected chi connectivity index (χ0v) is 21.9. The van der Waals surface area contributed by atoms with Crippen LogP contribution in [0, 0.1) is 18.8 Å². The number of carbonyl (C=O) groups excluding carboxylic acids is 2. The predicted molar refractivity (Wildman–Crippen MR) is 148 cm³/mol. The summed E-state index contributed by atoms with van der Waals surface area (Å²) < 4.78 is 0. The van der Waals surface area contributed by atoms with E-state index in [0.717, 1.165) is 34.8 Å². The number of nitrogens with zero attached hydrogens (tertiary/aromatic N) is 2. The zero-order chi connectivity index (χ0) is 25.2. The molecule has 2 aliphatic heterocycles. The molecule has 36 heavy (non-hydrogen) atoms. The first-order valence-corrected chi connectivity index (χ1v) is 13.4. The van der Waals surface area contributed by atoms with E-state index in [2.05, 4.69) is 39.0 Å². The zero-order valence-electron chi connectivity index (χ0n) is 21.1. The standard InChI is InChI=1S/C31H32N2O2S/c1-21-16-22(2)19-32(18-21)30(34)25-14-12-24(13-15-25)17-29-31(35)33(20-26-9-5-4-8-23(26)3)27-10-6-7-11-28(27)36-29/h4-15,17,21-22H,16,18-20H2,1-3H3/b29-17+/t21-,22+. The summed E-state index contributed by atoms with van der Waals surface area (Å²) in [5.41, 5.74) is 4.87. The predicted octanol–water partition coefficient (Wildman–Crippen LogP) is 6.79. The summed E-state index contributed by atoms with van der Waals surface area (Å²) in [5, 5.41) is 0. The summed E-state index contributed by atoms with van der Waals surface area (Å²) in [6, 6.07) is 23.9. The van der Waals surface area contributed by atoms with E-state index in [-0.39, 0.29) is 11.8 Å². The van der Waals surface area contributed by atoms with Crippen molar-refractivity contribution in [3.8, 4) is 0 Å². The van der Waals surface area contributed by atoms with E-state index in [1.54, 1.807) is 0 Å². The van der Waals surface area contributed by atoms with Gasteiger partial charge in [0.2, 0.25) is 0 Å². The first-order chi connectivity index (χ1) is 17.4. The highest BCUT2D eigenvalue weighted by Crippen LogP contribution is 2.42. The summed E-state index contributed by atoms with van der Waals surface area (Å²) in [4.78, 5) is 32.3. The molecule has 0 unspecified atom stereocenters. The second-order valence-electron chi connectivity index (χ2n) is 10.2. The Morgan fingerprint density at radius 1 is 0.944 bits per heavy atom. The number of piperidine rings is 1. The summed E-state index contributed by atoms with van der Waals surface area (Å²) in [6.45, 7) is 8.66. The first kappa shape index (κ1) is 24.4. The van der Waals surface area contributed by atoms with Crippen LogP contribution in [0.15, 0.2) is 82.6 Å². The van der Waals surface area contributed by atoms with Crippen LogP contribution in [-0.2, 0) is 11.3 Å². The molecule has 1 fully saturated rings. The third kappa shape index (κ3) is 5.12. The van der Waals surface area contributed by atoms with Gasteiger partial charge in [-0.1, -0.05) is 74.1 Å². The number of benzene rings is 3. The molecule has 5 rings (SSSR count). The molecule has 0 aromatic heterocycles. The molecule has 2 amide bonds. The Morgan fingerprint density at radius 3 is 2.33 bits per heavy atom. The topological polar surface area (TPSA) is 40.6 Å². The summed E-state index contributed by atoms with van der Waals surface area (Å²) in [5.74, 6) is 1.15. The molecular weight excluding hydrogens is 464 g/mol.